The highest BCUT2D eigenvalue weighted by Crippen LogP contribution is 2.28. The van der Waals surface area contributed by atoms with Crippen LogP contribution in [0.2, 0.25) is 0 Å². The average Bonchev–Trinajstić information content (AvgIpc) is 2.93. The van der Waals surface area contributed by atoms with Gasteiger partial charge in [-0.05, 0) is 24.5 Å². The molecule has 8 heteroatoms. The summed E-state index contributed by atoms with van der Waals surface area (Å²) in [6.45, 7) is 0.354. The van der Waals surface area contributed by atoms with Crippen molar-refractivity contribution in [2.75, 3.05) is 10.8 Å². The molecule has 1 aromatic carbocycles. The number of aryl methyl sites for hydroxylation is 2. The van der Waals surface area contributed by atoms with E-state index in [-0.39, 0.29) is 5.56 Å². The molecule has 1 aromatic heterocycles. The number of hydrogen-bond donors (Lipinski definition) is 1. The lowest BCUT2D eigenvalue weighted by molar-refractivity contribution is 0.0981. The number of rotatable bonds is 3. The van der Waals surface area contributed by atoms with Gasteiger partial charge in [0.05, 0.1) is 17.4 Å². The molecule has 0 atom stereocenters. The lowest BCUT2D eigenvalue weighted by Crippen LogP contribution is -2.45. The SMILES string of the molecule is Cn1cc(C(=O)NS(=O)(=O)N2CCCc3ccccc32)cn1. The first-order valence-electron chi connectivity index (χ1n) is 6.89. The van der Waals surface area contributed by atoms with E-state index in [1.807, 2.05) is 12.1 Å². The van der Waals surface area contributed by atoms with Crippen molar-refractivity contribution in [3.05, 3.63) is 47.8 Å². The first kappa shape index (κ1) is 14.6. The number of benzene rings is 1. The van der Waals surface area contributed by atoms with Crippen LogP contribution in [-0.4, -0.2) is 30.7 Å². The first-order chi connectivity index (χ1) is 10.5. The molecule has 1 aliphatic heterocycles. The van der Waals surface area contributed by atoms with Crippen LogP contribution in [0.3, 0.4) is 0 Å². The standard InChI is InChI=1S/C14H16N4O3S/c1-17-10-12(9-15-17)14(19)16-22(20,21)18-8-4-6-11-5-2-3-7-13(11)18/h2-3,5,7,9-10H,4,6,8H2,1H3,(H,16,19). The number of carbonyl (C=O) groups excluding carboxylic acids is 1. The van der Waals surface area contributed by atoms with E-state index in [1.165, 1.54) is 21.4 Å². The van der Waals surface area contributed by atoms with Gasteiger partial charge in [-0.2, -0.15) is 13.5 Å². The Balaban J connectivity index is 1.86. The zero-order chi connectivity index (χ0) is 15.7. The molecule has 0 fully saturated rings. The minimum absolute atomic E-state index is 0.205. The molecule has 0 unspecified atom stereocenters. The number of fused-ring (bicyclic) bond motifs is 1. The number of nitrogens with one attached hydrogen (secondary N) is 1. The van der Waals surface area contributed by atoms with E-state index in [4.69, 9.17) is 0 Å². The van der Waals surface area contributed by atoms with Crippen LogP contribution in [0.15, 0.2) is 36.7 Å². The van der Waals surface area contributed by atoms with Gasteiger partial charge in [-0.15, -0.1) is 0 Å². The molecule has 7 nitrogen and oxygen atoms in total. The number of amides is 1. The molecular weight excluding hydrogens is 304 g/mol. The summed E-state index contributed by atoms with van der Waals surface area (Å²) in [5.74, 6) is -0.684. The van der Waals surface area contributed by atoms with Crippen LogP contribution in [0.5, 0.6) is 0 Å². The second-order valence-corrected chi connectivity index (χ2v) is 6.74. The summed E-state index contributed by atoms with van der Waals surface area (Å²) >= 11 is 0. The molecule has 2 aromatic rings. The summed E-state index contributed by atoms with van der Waals surface area (Å²) in [5, 5.41) is 3.86. The van der Waals surface area contributed by atoms with Gasteiger partial charge in [-0.1, -0.05) is 18.2 Å². The van der Waals surface area contributed by atoms with Crippen molar-refractivity contribution < 1.29 is 13.2 Å². The van der Waals surface area contributed by atoms with Gasteiger partial charge in [-0.25, -0.2) is 4.72 Å². The Morgan fingerprint density at radius 2 is 2.09 bits per heavy atom. The van der Waals surface area contributed by atoms with Crippen LogP contribution in [-0.2, 0) is 23.7 Å². The fourth-order valence-corrected chi connectivity index (χ4v) is 3.79. The number of para-hydroxylation sites is 1. The molecule has 0 radical (unpaired) electrons. The molecule has 2 heterocycles. The van der Waals surface area contributed by atoms with E-state index in [2.05, 4.69) is 9.82 Å². The zero-order valence-electron chi connectivity index (χ0n) is 12.1. The molecule has 22 heavy (non-hydrogen) atoms. The lowest BCUT2D eigenvalue weighted by atomic mass is 10.0. The quantitative estimate of drug-likeness (QED) is 0.908. The fourth-order valence-electron chi connectivity index (χ4n) is 2.52. The summed E-state index contributed by atoms with van der Waals surface area (Å²) in [7, 11) is -2.28. The van der Waals surface area contributed by atoms with Gasteiger partial charge in [0.2, 0.25) is 0 Å². The normalized spacial score (nSPS) is 14.5. The van der Waals surface area contributed by atoms with E-state index in [0.29, 0.717) is 12.2 Å². The van der Waals surface area contributed by atoms with Gasteiger partial charge in [0, 0.05) is 19.8 Å². The van der Waals surface area contributed by atoms with E-state index in [0.717, 1.165) is 18.4 Å². The second-order valence-electron chi connectivity index (χ2n) is 5.14. The molecule has 116 valence electrons. The van der Waals surface area contributed by atoms with Crippen molar-refractivity contribution in [3.8, 4) is 0 Å². The van der Waals surface area contributed by atoms with Crippen LogP contribution in [0.4, 0.5) is 5.69 Å². The predicted octanol–water partition coefficient (Wildman–Crippen LogP) is 0.847. The van der Waals surface area contributed by atoms with Crippen LogP contribution >= 0.6 is 0 Å². The Bertz CT molecular complexity index is 813. The number of nitrogens with zero attached hydrogens (tertiary/aromatic N) is 3. The topological polar surface area (TPSA) is 84.3 Å². The molecule has 1 aliphatic rings. The highest BCUT2D eigenvalue weighted by molar-refractivity contribution is 7.91. The molecule has 1 N–H and O–H groups in total. The minimum atomic E-state index is -3.94. The van der Waals surface area contributed by atoms with E-state index in [9.17, 15) is 13.2 Å². The lowest BCUT2D eigenvalue weighted by Gasteiger charge is -2.30. The highest BCUT2D eigenvalue weighted by atomic mass is 32.2. The Hall–Kier alpha value is -2.35. The number of hydrogen-bond acceptors (Lipinski definition) is 4. The highest BCUT2D eigenvalue weighted by Gasteiger charge is 2.29. The maximum atomic E-state index is 12.5. The summed E-state index contributed by atoms with van der Waals surface area (Å²) in [5.41, 5.74) is 1.80. The van der Waals surface area contributed by atoms with Gasteiger partial charge < -0.3 is 0 Å². The largest absolute Gasteiger partial charge is 0.326 e. The molecule has 0 saturated carbocycles. The van der Waals surface area contributed by atoms with E-state index >= 15 is 0 Å². The van der Waals surface area contributed by atoms with Crippen LogP contribution in [0.25, 0.3) is 0 Å². The monoisotopic (exact) mass is 320 g/mol. The molecule has 0 saturated heterocycles. The van der Waals surface area contributed by atoms with Crippen LogP contribution in [0.1, 0.15) is 22.3 Å². The third kappa shape index (κ3) is 2.69. The summed E-state index contributed by atoms with van der Waals surface area (Å²) in [6.07, 6.45) is 4.35. The van der Waals surface area contributed by atoms with Crippen molar-refractivity contribution >= 4 is 21.8 Å². The molecular formula is C14H16N4O3S. The predicted molar refractivity (Wildman–Crippen MR) is 81.7 cm³/mol. The van der Waals surface area contributed by atoms with E-state index in [1.54, 1.807) is 19.2 Å². The summed E-state index contributed by atoms with van der Waals surface area (Å²) < 4.78 is 29.8. The van der Waals surface area contributed by atoms with Gasteiger partial charge in [-0.3, -0.25) is 13.8 Å². The summed E-state index contributed by atoms with van der Waals surface area (Å²) in [4.78, 5) is 12.1. The second kappa shape index (κ2) is 5.45. The Morgan fingerprint density at radius 1 is 1.32 bits per heavy atom. The molecule has 0 aliphatic carbocycles. The fraction of sp³-hybridized carbons (Fsp3) is 0.286. The van der Waals surface area contributed by atoms with Crippen molar-refractivity contribution in [1.82, 2.24) is 14.5 Å². The first-order valence-corrected chi connectivity index (χ1v) is 8.33. The number of carbonyl (C=O) groups is 1. The molecule has 1 amide bonds. The van der Waals surface area contributed by atoms with Gasteiger partial charge in [0.15, 0.2) is 0 Å². The van der Waals surface area contributed by atoms with Crippen LogP contribution < -0.4 is 9.03 Å². The average molecular weight is 320 g/mol. The third-order valence-electron chi connectivity index (χ3n) is 3.55. The zero-order valence-corrected chi connectivity index (χ0v) is 12.9. The Labute approximate surface area is 128 Å². The van der Waals surface area contributed by atoms with Gasteiger partial charge in [0.25, 0.3) is 5.91 Å². The van der Waals surface area contributed by atoms with E-state index < -0.39 is 16.1 Å². The Kier molecular flexibility index (Phi) is 3.61. The Morgan fingerprint density at radius 3 is 2.82 bits per heavy atom. The van der Waals surface area contributed by atoms with Crippen LogP contribution in [0, 0.1) is 0 Å². The maximum absolute atomic E-state index is 12.5. The minimum Gasteiger partial charge on any atom is -0.275 e. The maximum Gasteiger partial charge on any atom is 0.326 e. The number of aromatic nitrogens is 2. The number of anilines is 1. The molecule has 3 rings (SSSR count). The van der Waals surface area contributed by atoms with Crippen molar-refractivity contribution in [2.45, 2.75) is 12.8 Å². The summed E-state index contributed by atoms with van der Waals surface area (Å²) in [6, 6.07) is 7.32. The molecule has 0 spiro atoms. The van der Waals surface area contributed by atoms with Crippen molar-refractivity contribution in [1.29, 1.82) is 0 Å². The van der Waals surface area contributed by atoms with Gasteiger partial charge in [0.1, 0.15) is 0 Å². The molecule has 0 bridgehead atoms. The third-order valence-corrected chi connectivity index (χ3v) is 4.95. The van der Waals surface area contributed by atoms with Crippen molar-refractivity contribution in [3.63, 3.8) is 0 Å². The van der Waals surface area contributed by atoms with Crippen molar-refractivity contribution in [2.24, 2.45) is 7.05 Å². The van der Waals surface area contributed by atoms with Gasteiger partial charge >= 0.3 is 10.2 Å². The smallest absolute Gasteiger partial charge is 0.275 e.